The Bertz CT molecular complexity index is 739. The Morgan fingerprint density at radius 2 is 1.93 bits per heavy atom. The van der Waals surface area contributed by atoms with Gasteiger partial charge in [-0.1, -0.05) is 19.4 Å². The summed E-state index contributed by atoms with van der Waals surface area (Å²) in [7, 11) is 0. The average Bonchev–Trinajstić information content (AvgIpc) is 2.99. The monoisotopic (exact) mass is 388 g/mol. The van der Waals surface area contributed by atoms with Gasteiger partial charge in [-0.2, -0.15) is 0 Å². The van der Waals surface area contributed by atoms with Gasteiger partial charge in [0.1, 0.15) is 6.61 Å². The van der Waals surface area contributed by atoms with Crippen molar-refractivity contribution in [3.63, 3.8) is 0 Å². The molecule has 4 aliphatic rings. The van der Waals surface area contributed by atoms with Crippen LogP contribution in [-0.4, -0.2) is 35.4 Å². The molecule has 0 heterocycles. The van der Waals surface area contributed by atoms with Gasteiger partial charge < -0.3 is 9.84 Å². The SMILES string of the molecule is CC(=O)OC1C[C@@]2(C)C(=CC1=O)CC[C@H]1[C@@H]3CC[C@H](C(=O)CO)[C@@]3(C)CC[C@@H]12. The van der Waals surface area contributed by atoms with E-state index in [2.05, 4.69) is 13.8 Å². The number of fused-ring (bicyclic) bond motifs is 5. The lowest BCUT2D eigenvalue weighted by Gasteiger charge is -2.58. The Morgan fingerprint density at radius 1 is 1.18 bits per heavy atom. The van der Waals surface area contributed by atoms with Crippen molar-refractivity contribution < 1.29 is 24.2 Å². The van der Waals surface area contributed by atoms with Crippen molar-refractivity contribution in [3.8, 4) is 0 Å². The minimum Gasteiger partial charge on any atom is -0.454 e. The fraction of sp³-hybridized carbons (Fsp3) is 0.783. The van der Waals surface area contributed by atoms with Crippen molar-refractivity contribution in [1.29, 1.82) is 0 Å². The van der Waals surface area contributed by atoms with Gasteiger partial charge in [-0.25, -0.2) is 0 Å². The summed E-state index contributed by atoms with van der Waals surface area (Å²) in [5.74, 6) is 0.997. The highest BCUT2D eigenvalue weighted by Crippen LogP contribution is 2.66. The fourth-order valence-corrected chi connectivity index (χ4v) is 7.54. The van der Waals surface area contributed by atoms with Gasteiger partial charge in [0.2, 0.25) is 0 Å². The van der Waals surface area contributed by atoms with E-state index in [9.17, 15) is 19.5 Å². The maximum atomic E-state index is 12.5. The summed E-state index contributed by atoms with van der Waals surface area (Å²) in [5, 5.41) is 9.42. The molecular weight excluding hydrogens is 356 g/mol. The average molecular weight is 389 g/mol. The molecule has 0 aromatic carbocycles. The van der Waals surface area contributed by atoms with Crippen LogP contribution >= 0.6 is 0 Å². The van der Waals surface area contributed by atoms with E-state index in [1.54, 1.807) is 6.08 Å². The van der Waals surface area contributed by atoms with E-state index in [0.717, 1.165) is 38.5 Å². The Morgan fingerprint density at radius 3 is 2.61 bits per heavy atom. The second kappa shape index (κ2) is 6.79. The fourth-order valence-electron chi connectivity index (χ4n) is 7.54. The number of carbonyl (C=O) groups excluding carboxylic acids is 3. The molecule has 0 amide bonds. The highest BCUT2D eigenvalue weighted by atomic mass is 16.5. The number of hydrogen-bond acceptors (Lipinski definition) is 5. The highest BCUT2D eigenvalue weighted by Gasteiger charge is 2.60. The summed E-state index contributed by atoms with van der Waals surface area (Å²) in [5.41, 5.74) is 1.10. The van der Waals surface area contributed by atoms with Crippen molar-refractivity contribution in [3.05, 3.63) is 11.6 Å². The standard InChI is InChI=1S/C23H32O5/c1-13(25)28-21-11-23(3)14(10-19(21)26)4-5-15-16-6-7-18(20(27)12-24)22(16,2)9-8-17(15)23/h10,15-18,21,24H,4-9,11-12H2,1-3H3/t15-,16-,17-,18+,21?,22-,23-/m0/s1. The van der Waals surface area contributed by atoms with Crippen molar-refractivity contribution >= 4 is 17.5 Å². The van der Waals surface area contributed by atoms with Gasteiger partial charge in [-0.3, -0.25) is 14.4 Å². The second-order valence-electron chi connectivity index (χ2n) is 10.0. The molecule has 1 N–H and O–H groups in total. The molecule has 4 rings (SSSR count). The van der Waals surface area contributed by atoms with Gasteiger partial charge >= 0.3 is 5.97 Å². The molecule has 1 unspecified atom stereocenters. The smallest absolute Gasteiger partial charge is 0.303 e. The van der Waals surface area contributed by atoms with E-state index in [4.69, 9.17) is 4.74 Å². The Hall–Kier alpha value is -1.49. The summed E-state index contributed by atoms with van der Waals surface area (Å²) in [6.07, 6.45) is 7.62. The molecule has 4 aliphatic carbocycles. The number of rotatable bonds is 3. The molecule has 0 aromatic heterocycles. The molecule has 0 saturated heterocycles. The van der Waals surface area contributed by atoms with Crippen molar-refractivity contribution in [1.82, 2.24) is 0 Å². The zero-order valence-corrected chi connectivity index (χ0v) is 17.2. The van der Waals surface area contributed by atoms with Crippen LogP contribution in [0, 0.1) is 34.5 Å². The maximum Gasteiger partial charge on any atom is 0.303 e. The Balaban J connectivity index is 1.63. The molecule has 154 valence electrons. The van der Waals surface area contributed by atoms with E-state index in [1.165, 1.54) is 12.5 Å². The number of allylic oxidation sites excluding steroid dienone is 1. The van der Waals surface area contributed by atoms with Gasteiger partial charge in [-0.05, 0) is 73.2 Å². The van der Waals surface area contributed by atoms with E-state index in [0.29, 0.717) is 24.2 Å². The van der Waals surface area contributed by atoms with Crippen LogP contribution in [0.15, 0.2) is 11.6 Å². The highest BCUT2D eigenvalue weighted by molar-refractivity contribution is 5.96. The molecule has 0 spiro atoms. The second-order valence-corrected chi connectivity index (χ2v) is 10.0. The van der Waals surface area contributed by atoms with Crippen molar-refractivity contribution in [2.45, 2.75) is 71.8 Å². The molecule has 5 heteroatoms. The minimum atomic E-state index is -0.661. The maximum absolute atomic E-state index is 12.5. The molecule has 28 heavy (non-hydrogen) atoms. The zero-order chi connectivity index (χ0) is 20.3. The van der Waals surface area contributed by atoms with Crippen LogP contribution in [0.4, 0.5) is 0 Å². The molecule has 0 bridgehead atoms. The normalized spacial score (nSPS) is 44.8. The molecule has 7 atom stereocenters. The summed E-state index contributed by atoms with van der Waals surface area (Å²) < 4.78 is 5.36. The van der Waals surface area contributed by atoms with Gasteiger partial charge in [0, 0.05) is 19.3 Å². The molecule has 0 aromatic rings. The summed E-state index contributed by atoms with van der Waals surface area (Å²) >= 11 is 0. The summed E-state index contributed by atoms with van der Waals surface area (Å²) in [6.45, 7) is 5.53. The number of hydrogen-bond donors (Lipinski definition) is 1. The topological polar surface area (TPSA) is 80.7 Å². The number of Topliss-reactive ketones (excluding diaryl/α,β-unsaturated/α-hetero) is 1. The molecule has 5 nitrogen and oxygen atoms in total. The number of carbonyl (C=O) groups is 3. The largest absolute Gasteiger partial charge is 0.454 e. The van der Waals surface area contributed by atoms with Gasteiger partial charge in [0.25, 0.3) is 0 Å². The molecule has 3 saturated carbocycles. The van der Waals surface area contributed by atoms with Crippen LogP contribution in [0.1, 0.15) is 65.7 Å². The third kappa shape index (κ3) is 2.80. The van der Waals surface area contributed by atoms with E-state index >= 15 is 0 Å². The quantitative estimate of drug-likeness (QED) is 0.751. The van der Waals surface area contributed by atoms with Crippen LogP contribution in [0.2, 0.25) is 0 Å². The summed E-state index contributed by atoms with van der Waals surface area (Å²) in [6, 6.07) is 0. The van der Waals surface area contributed by atoms with Crippen LogP contribution in [-0.2, 0) is 19.1 Å². The zero-order valence-electron chi connectivity index (χ0n) is 17.2. The first-order valence-electron chi connectivity index (χ1n) is 10.8. The van der Waals surface area contributed by atoms with Crippen LogP contribution in [0.3, 0.4) is 0 Å². The van der Waals surface area contributed by atoms with Crippen LogP contribution in [0.5, 0.6) is 0 Å². The first-order chi connectivity index (χ1) is 13.2. The minimum absolute atomic E-state index is 0.00393. The Labute approximate surface area is 166 Å². The van der Waals surface area contributed by atoms with E-state index < -0.39 is 12.1 Å². The van der Waals surface area contributed by atoms with Gasteiger partial charge in [0.15, 0.2) is 17.7 Å². The Kier molecular flexibility index (Phi) is 4.80. The van der Waals surface area contributed by atoms with Gasteiger partial charge in [-0.15, -0.1) is 0 Å². The molecule has 0 radical (unpaired) electrons. The predicted molar refractivity (Wildman–Crippen MR) is 103 cm³/mol. The van der Waals surface area contributed by atoms with Crippen LogP contribution < -0.4 is 0 Å². The predicted octanol–water partition coefficient (Wildman–Crippen LogP) is 3.24. The summed E-state index contributed by atoms with van der Waals surface area (Å²) in [4.78, 5) is 36.3. The number of aliphatic hydroxyl groups excluding tert-OH is 1. The first-order valence-corrected chi connectivity index (χ1v) is 10.8. The molecule has 0 aliphatic heterocycles. The molecule has 3 fully saturated rings. The third-order valence-corrected chi connectivity index (χ3v) is 8.83. The molecular formula is C23H32O5. The number of aliphatic hydroxyl groups is 1. The number of ketones is 2. The third-order valence-electron chi connectivity index (χ3n) is 8.83. The first kappa shape index (κ1) is 19.8. The van der Waals surface area contributed by atoms with Crippen molar-refractivity contribution in [2.75, 3.05) is 6.61 Å². The van der Waals surface area contributed by atoms with E-state index in [1.807, 2.05) is 0 Å². The lowest BCUT2D eigenvalue weighted by Crippen LogP contribution is -2.53. The van der Waals surface area contributed by atoms with Crippen molar-refractivity contribution in [2.24, 2.45) is 34.5 Å². The van der Waals surface area contributed by atoms with E-state index in [-0.39, 0.29) is 34.9 Å². The number of ether oxygens (including phenoxy) is 1. The lowest BCUT2D eigenvalue weighted by molar-refractivity contribution is -0.156. The van der Waals surface area contributed by atoms with Gasteiger partial charge in [0.05, 0.1) is 0 Å². The lowest BCUT2D eigenvalue weighted by atomic mass is 9.46. The number of esters is 1. The van der Waals surface area contributed by atoms with Crippen LogP contribution in [0.25, 0.3) is 0 Å².